The van der Waals surface area contributed by atoms with Gasteiger partial charge in [-0.3, -0.25) is 4.79 Å². The quantitative estimate of drug-likeness (QED) is 0.450. The Morgan fingerprint density at radius 2 is 1.90 bits per heavy atom. The van der Waals surface area contributed by atoms with E-state index in [9.17, 15) is 4.79 Å². The van der Waals surface area contributed by atoms with E-state index in [2.05, 4.69) is 26.2 Å². The molecular formula is C8H14OSi. The van der Waals surface area contributed by atoms with E-state index in [-0.39, 0.29) is 5.78 Å². The molecular weight excluding hydrogens is 140 g/mol. The molecule has 0 N–H and O–H groups in total. The molecule has 0 saturated heterocycles. The molecule has 0 radical (unpaired) electrons. The van der Waals surface area contributed by atoms with Crippen LogP contribution in [0.4, 0.5) is 0 Å². The lowest BCUT2D eigenvalue weighted by molar-refractivity contribution is -0.110. The summed E-state index contributed by atoms with van der Waals surface area (Å²) >= 11 is 0. The Bertz CT molecular complexity index is 163. The molecule has 2 heteroatoms. The molecule has 10 heavy (non-hydrogen) atoms. The van der Waals surface area contributed by atoms with Crippen LogP contribution in [0.3, 0.4) is 0 Å². The first-order valence-electron chi connectivity index (χ1n) is 3.31. The third kappa shape index (κ3) is 5.50. The molecule has 0 rings (SSSR count). The summed E-state index contributed by atoms with van der Waals surface area (Å²) in [7, 11) is -1.19. The van der Waals surface area contributed by atoms with Crippen LogP contribution >= 0.6 is 0 Å². The highest BCUT2D eigenvalue weighted by molar-refractivity contribution is 6.81. The largest absolute Gasteiger partial charge is 0.290 e. The lowest BCUT2D eigenvalue weighted by atomic mass is 10.4. The normalized spacial score (nSPS) is 11.9. The van der Waals surface area contributed by atoms with Gasteiger partial charge in [0.15, 0.2) is 5.78 Å². The molecule has 0 aliphatic carbocycles. The lowest BCUT2D eigenvalue weighted by Crippen LogP contribution is -2.15. The molecule has 0 aromatic rings. The van der Waals surface area contributed by atoms with Crippen LogP contribution in [-0.2, 0) is 4.79 Å². The maximum Gasteiger partial charge on any atom is 0.177 e. The predicted octanol–water partition coefficient (Wildman–Crippen LogP) is 2.18. The molecule has 0 aromatic carbocycles. The van der Waals surface area contributed by atoms with Crippen molar-refractivity contribution >= 4 is 13.9 Å². The van der Waals surface area contributed by atoms with Crippen molar-refractivity contribution in [3.8, 4) is 0 Å². The molecule has 0 aliphatic heterocycles. The van der Waals surface area contributed by atoms with E-state index in [0.717, 1.165) is 0 Å². The SMILES string of the molecule is C=CC(=O)/C=C/[Si](C)(C)C. The molecule has 0 unspecified atom stereocenters. The van der Waals surface area contributed by atoms with Crippen LogP contribution in [0.5, 0.6) is 0 Å². The first kappa shape index (κ1) is 9.37. The lowest BCUT2D eigenvalue weighted by Gasteiger charge is -2.06. The van der Waals surface area contributed by atoms with Gasteiger partial charge in [0, 0.05) is 0 Å². The van der Waals surface area contributed by atoms with Crippen molar-refractivity contribution in [3.05, 3.63) is 24.4 Å². The number of rotatable bonds is 3. The smallest absolute Gasteiger partial charge is 0.177 e. The zero-order valence-corrected chi connectivity index (χ0v) is 7.85. The second-order valence-electron chi connectivity index (χ2n) is 3.31. The summed E-state index contributed by atoms with van der Waals surface area (Å²) in [5.74, 6) is 0.00225. The molecule has 56 valence electrons. The van der Waals surface area contributed by atoms with Gasteiger partial charge in [0.05, 0.1) is 8.07 Å². The van der Waals surface area contributed by atoms with E-state index in [1.54, 1.807) is 6.08 Å². The average Bonchev–Trinajstić information content (AvgIpc) is 1.81. The number of carbonyl (C=O) groups excluding carboxylic acids is 1. The molecule has 0 saturated carbocycles. The molecule has 0 heterocycles. The minimum Gasteiger partial charge on any atom is -0.290 e. The van der Waals surface area contributed by atoms with Crippen LogP contribution in [0.25, 0.3) is 0 Å². The third-order valence-corrected chi connectivity index (χ3v) is 2.12. The van der Waals surface area contributed by atoms with Crippen molar-refractivity contribution in [2.24, 2.45) is 0 Å². The number of carbonyl (C=O) groups is 1. The molecule has 0 bridgehead atoms. The number of allylic oxidation sites excluding steroid dienone is 2. The van der Waals surface area contributed by atoms with Crippen molar-refractivity contribution in [1.82, 2.24) is 0 Å². The monoisotopic (exact) mass is 154 g/mol. The van der Waals surface area contributed by atoms with Crippen molar-refractivity contribution in [3.63, 3.8) is 0 Å². The molecule has 0 fully saturated rings. The van der Waals surface area contributed by atoms with Gasteiger partial charge in [-0.15, -0.1) is 0 Å². The highest BCUT2D eigenvalue weighted by Gasteiger charge is 2.06. The van der Waals surface area contributed by atoms with Crippen molar-refractivity contribution in [2.75, 3.05) is 0 Å². The Morgan fingerprint density at radius 3 is 2.20 bits per heavy atom. The van der Waals surface area contributed by atoms with Gasteiger partial charge in [0.1, 0.15) is 0 Å². The van der Waals surface area contributed by atoms with Crippen LogP contribution < -0.4 is 0 Å². The van der Waals surface area contributed by atoms with Crippen molar-refractivity contribution < 1.29 is 4.79 Å². The summed E-state index contributed by atoms with van der Waals surface area (Å²) in [4.78, 5) is 10.7. The highest BCUT2D eigenvalue weighted by Crippen LogP contribution is 2.01. The number of hydrogen-bond donors (Lipinski definition) is 0. The molecule has 0 atom stereocenters. The van der Waals surface area contributed by atoms with Crippen LogP contribution in [0.1, 0.15) is 0 Å². The Hall–Kier alpha value is -0.633. The summed E-state index contributed by atoms with van der Waals surface area (Å²) < 4.78 is 0. The Balaban J connectivity index is 4.00. The molecule has 0 aliphatic rings. The Kier molecular flexibility index (Phi) is 3.29. The van der Waals surface area contributed by atoms with E-state index in [1.165, 1.54) is 6.08 Å². The summed E-state index contributed by atoms with van der Waals surface area (Å²) in [6, 6.07) is 0. The summed E-state index contributed by atoms with van der Waals surface area (Å²) in [5, 5.41) is 0. The molecule has 0 aromatic heterocycles. The predicted molar refractivity (Wildman–Crippen MR) is 47.7 cm³/mol. The van der Waals surface area contributed by atoms with Gasteiger partial charge in [0.2, 0.25) is 0 Å². The van der Waals surface area contributed by atoms with Gasteiger partial charge in [-0.05, 0) is 12.2 Å². The maximum absolute atomic E-state index is 10.7. The summed E-state index contributed by atoms with van der Waals surface area (Å²) in [6.45, 7) is 9.92. The van der Waals surface area contributed by atoms with E-state index in [0.29, 0.717) is 0 Å². The van der Waals surface area contributed by atoms with Gasteiger partial charge in [0.25, 0.3) is 0 Å². The molecule has 0 amide bonds. The number of hydrogen-bond acceptors (Lipinski definition) is 1. The van der Waals surface area contributed by atoms with E-state index < -0.39 is 8.07 Å². The summed E-state index contributed by atoms with van der Waals surface area (Å²) in [5.41, 5.74) is 2.01. The second kappa shape index (κ2) is 3.51. The van der Waals surface area contributed by atoms with Crippen LogP contribution in [0.15, 0.2) is 24.4 Å². The minimum atomic E-state index is -1.19. The Morgan fingerprint density at radius 1 is 1.40 bits per heavy atom. The summed E-state index contributed by atoms with van der Waals surface area (Å²) in [6.07, 6.45) is 2.94. The van der Waals surface area contributed by atoms with Crippen LogP contribution in [0, 0.1) is 0 Å². The first-order chi connectivity index (χ1) is 4.45. The maximum atomic E-state index is 10.7. The fraction of sp³-hybridized carbons (Fsp3) is 0.375. The first-order valence-corrected chi connectivity index (χ1v) is 6.89. The van der Waals surface area contributed by atoms with Gasteiger partial charge in [-0.1, -0.05) is 31.9 Å². The zero-order chi connectivity index (χ0) is 8.20. The van der Waals surface area contributed by atoms with Crippen LogP contribution in [-0.4, -0.2) is 13.9 Å². The van der Waals surface area contributed by atoms with E-state index >= 15 is 0 Å². The van der Waals surface area contributed by atoms with Crippen LogP contribution in [0.2, 0.25) is 19.6 Å². The number of ketones is 1. The van der Waals surface area contributed by atoms with Crippen molar-refractivity contribution in [1.29, 1.82) is 0 Å². The second-order valence-corrected chi connectivity index (χ2v) is 8.37. The highest BCUT2D eigenvalue weighted by atomic mass is 28.3. The third-order valence-electron chi connectivity index (χ3n) is 0.949. The van der Waals surface area contributed by atoms with Gasteiger partial charge < -0.3 is 0 Å². The van der Waals surface area contributed by atoms with Gasteiger partial charge in [-0.25, -0.2) is 0 Å². The zero-order valence-electron chi connectivity index (χ0n) is 6.85. The molecule has 1 nitrogen and oxygen atoms in total. The fourth-order valence-electron chi connectivity index (χ4n) is 0.400. The van der Waals surface area contributed by atoms with E-state index in [1.807, 2.05) is 5.70 Å². The standard InChI is InChI=1S/C8H14OSi/c1-5-8(9)6-7-10(2,3)4/h5-7H,1H2,2-4H3/b7-6+. The molecule has 0 spiro atoms. The topological polar surface area (TPSA) is 17.1 Å². The average molecular weight is 154 g/mol. The van der Waals surface area contributed by atoms with Gasteiger partial charge >= 0.3 is 0 Å². The van der Waals surface area contributed by atoms with Gasteiger partial charge in [-0.2, -0.15) is 0 Å². The van der Waals surface area contributed by atoms with E-state index in [4.69, 9.17) is 0 Å². The Labute approximate surface area is 63.5 Å². The fourth-order valence-corrected chi connectivity index (χ4v) is 1.06. The van der Waals surface area contributed by atoms with Crippen molar-refractivity contribution in [2.45, 2.75) is 19.6 Å². The minimum absolute atomic E-state index is 0.00225.